The van der Waals surface area contributed by atoms with E-state index in [1.165, 1.54) is 11.3 Å². The van der Waals surface area contributed by atoms with Gasteiger partial charge in [-0.2, -0.15) is 0 Å². The molecule has 1 aromatic carbocycles. The molecule has 0 aliphatic heterocycles. The molecular weight excluding hydrogens is 332 g/mol. The molecule has 1 amide bonds. The monoisotopic (exact) mass is 346 g/mol. The maximum Gasteiger partial charge on any atom is 0.265 e. The van der Waals surface area contributed by atoms with Crippen LogP contribution < -0.4 is 5.32 Å². The lowest BCUT2D eigenvalue weighted by Gasteiger charge is -2.08. The third kappa shape index (κ3) is 3.02. The number of rotatable bonds is 3. The first-order chi connectivity index (χ1) is 11.0. The number of benzene rings is 1. The number of thiophene rings is 1. The highest BCUT2D eigenvalue weighted by Crippen LogP contribution is 2.33. The summed E-state index contributed by atoms with van der Waals surface area (Å²) < 4.78 is 5.19. The SMILES string of the molecule is Cc1noc(C)c1-c1ccc(C(=O)Nc2cccc(Cl)c2C)s1. The Morgan fingerprint density at radius 2 is 2.00 bits per heavy atom. The molecule has 6 heteroatoms. The first-order valence-corrected chi connectivity index (χ1v) is 8.26. The second-order valence-electron chi connectivity index (χ2n) is 5.23. The van der Waals surface area contributed by atoms with Crippen LogP contribution in [0.1, 0.15) is 26.7 Å². The average Bonchev–Trinajstić information content (AvgIpc) is 3.11. The Kier molecular flexibility index (Phi) is 4.24. The highest BCUT2D eigenvalue weighted by molar-refractivity contribution is 7.17. The lowest BCUT2D eigenvalue weighted by molar-refractivity contribution is 0.103. The van der Waals surface area contributed by atoms with Crippen LogP contribution in [0.4, 0.5) is 5.69 Å². The molecule has 0 atom stereocenters. The van der Waals surface area contributed by atoms with Crippen molar-refractivity contribution in [3.8, 4) is 10.4 Å². The van der Waals surface area contributed by atoms with Crippen molar-refractivity contribution in [1.29, 1.82) is 0 Å². The molecule has 3 aromatic rings. The molecule has 23 heavy (non-hydrogen) atoms. The Labute approximate surface area is 143 Å². The van der Waals surface area contributed by atoms with Gasteiger partial charge in [-0.3, -0.25) is 4.79 Å². The van der Waals surface area contributed by atoms with Gasteiger partial charge >= 0.3 is 0 Å². The van der Waals surface area contributed by atoms with Gasteiger partial charge in [0.05, 0.1) is 16.1 Å². The summed E-state index contributed by atoms with van der Waals surface area (Å²) in [6.45, 7) is 5.63. The van der Waals surface area contributed by atoms with Crippen LogP contribution >= 0.6 is 22.9 Å². The Hall–Kier alpha value is -2.11. The van der Waals surface area contributed by atoms with Crippen molar-refractivity contribution in [2.24, 2.45) is 0 Å². The fourth-order valence-electron chi connectivity index (χ4n) is 2.36. The van der Waals surface area contributed by atoms with Gasteiger partial charge in [0.2, 0.25) is 0 Å². The minimum atomic E-state index is -0.154. The number of hydrogen-bond donors (Lipinski definition) is 1. The van der Waals surface area contributed by atoms with E-state index >= 15 is 0 Å². The van der Waals surface area contributed by atoms with Crippen molar-refractivity contribution >= 4 is 34.5 Å². The average molecular weight is 347 g/mol. The van der Waals surface area contributed by atoms with Gasteiger partial charge in [-0.1, -0.05) is 22.8 Å². The molecule has 118 valence electrons. The van der Waals surface area contributed by atoms with E-state index in [0.29, 0.717) is 9.90 Å². The van der Waals surface area contributed by atoms with Crippen LogP contribution in [0.15, 0.2) is 34.9 Å². The molecule has 2 heterocycles. The first kappa shape index (κ1) is 15.8. The summed E-state index contributed by atoms with van der Waals surface area (Å²) in [6.07, 6.45) is 0. The van der Waals surface area contributed by atoms with E-state index in [-0.39, 0.29) is 5.91 Å². The number of anilines is 1. The summed E-state index contributed by atoms with van der Waals surface area (Å²) in [6, 6.07) is 9.17. The number of carbonyl (C=O) groups is 1. The summed E-state index contributed by atoms with van der Waals surface area (Å²) in [5, 5.41) is 7.49. The van der Waals surface area contributed by atoms with Crippen molar-refractivity contribution < 1.29 is 9.32 Å². The molecule has 0 aliphatic rings. The van der Waals surface area contributed by atoms with Crippen molar-refractivity contribution in [3.63, 3.8) is 0 Å². The normalized spacial score (nSPS) is 10.8. The number of amides is 1. The van der Waals surface area contributed by atoms with Crippen LogP contribution in [-0.2, 0) is 0 Å². The molecule has 0 bridgehead atoms. The van der Waals surface area contributed by atoms with Gasteiger partial charge in [0.25, 0.3) is 5.91 Å². The smallest absolute Gasteiger partial charge is 0.265 e. The van der Waals surface area contributed by atoms with Crippen molar-refractivity contribution in [3.05, 3.63) is 57.2 Å². The quantitative estimate of drug-likeness (QED) is 0.706. The highest BCUT2D eigenvalue weighted by atomic mass is 35.5. The predicted octanol–water partition coefficient (Wildman–Crippen LogP) is 5.23. The molecule has 4 nitrogen and oxygen atoms in total. The van der Waals surface area contributed by atoms with Crippen LogP contribution in [0.3, 0.4) is 0 Å². The number of nitrogens with zero attached hydrogens (tertiary/aromatic N) is 1. The zero-order chi connectivity index (χ0) is 16.6. The Bertz CT molecular complexity index is 863. The summed E-state index contributed by atoms with van der Waals surface area (Å²) >= 11 is 7.50. The van der Waals surface area contributed by atoms with Crippen molar-refractivity contribution in [1.82, 2.24) is 5.16 Å². The van der Waals surface area contributed by atoms with Crippen LogP contribution in [0.25, 0.3) is 10.4 Å². The van der Waals surface area contributed by atoms with Crippen LogP contribution in [0, 0.1) is 20.8 Å². The number of halogens is 1. The highest BCUT2D eigenvalue weighted by Gasteiger charge is 2.17. The Balaban J connectivity index is 1.86. The second-order valence-corrected chi connectivity index (χ2v) is 6.72. The summed E-state index contributed by atoms with van der Waals surface area (Å²) in [5.41, 5.74) is 3.34. The standard InChI is InChI=1S/C17H15ClN2O2S/c1-9-12(18)5-4-6-13(9)19-17(21)15-8-7-14(23-15)16-10(2)20-22-11(16)3/h4-8H,1-3H3,(H,19,21). The Morgan fingerprint density at radius 1 is 1.22 bits per heavy atom. The molecule has 0 spiro atoms. The minimum Gasteiger partial charge on any atom is -0.361 e. The van der Waals surface area contributed by atoms with E-state index in [1.807, 2.05) is 39.0 Å². The topological polar surface area (TPSA) is 55.1 Å². The third-order valence-corrected chi connectivity index (χ3v) is 5.14. The largest absolute Gasteiger partial charge is 0.361 e. The molecular formula is C17H15ClN2O2S. The maximum absolute atomic E-state index is 12.4. The second kappa shape index (κ2) is 6.18. The minimum absolute atomic E-state index is 0.154. The van der Waals surface area contributed by atoms with Gasteiger partial charge in [-0.15, -0.1) is 11.3 Å². The van der Waals surface area contributed by atoms with Crippen LogP contribution in [0.5, 0.6) is 0 Å². The molecule has 2 aromatic heterocycles. The molecule has 0 saturated heterocycles. The zero-order valence-corrected chi connectivity index (χ0v) is 14.5. The lowest BCUT2D eigenvalue weighted by atomic mass is 10.2. The fraction of sp³-hybridized carbons (Fsp3) is 0.176. The Morgan fingerprint density at radius 3 is 2.70 bits per heavy atom. The molecule has 0 saturated carbocycles. The van der Waals surface area contributed by atoms with E-state index in [4.69, 9.17) is 16.1 Å². The summed E-state index contributed by atoms with van der Waals surface area (Å²) in [4.78, 5) is 14.0. The number of aryl methyl sites for hydroxylation is 2. The van der Waals surface area contributed by atoms with E-state index in [2.05, 4.69) is 10.5 Å². The maximum atomic E-state index is 12.4. The first-order valence-electron chi connectivity index (χ1n) is 7.07. The molecule has 0 aliphatic carbocycles. The van der Waals surface area contributed by atoms with Gasteiger partial charge in [-0.05, 0) is 50.6 Å². The number of carbonyl (C=O) groups excluding carboxylic acids is 1. The summed E-state index contributed by atoms with van der Waals surface area (Å²) in [5.74, 6) is 0.598. The molecule has 0 radical (unpaired) electrons. The van der Waals surface area contributed by atoms with E-state index < -0.39 is 0 Å². The number of aromatic nitrogens is 1. The lowest BCUT2D eigenvalue weighted by Crippen LogP contribution is -2.11. The van der Waals surface area contributed by atoms with Crippen molar-refractivity contribution in [2.75, 3.05) is 5.32 Å². The number of nitrogens with one attached hydrogen (secondary N) is 1. The zero-order valence-electron chi connectivity index (χ0n) is 12.9. The van der Waals surface area contributed by atoms with Crippen LogP contribution in [-0.4, -0.2) is 11.1 Å². The van der Waals surface area contributed by atoms with Gasteiger partial charge in [0.1, 0.15) is 5.76 Å². The number of hydrogen-bond acceptors (Lipinski definition) is 4. The molecule has 3 rings (SSSR count). The van der Waals surface area contributed by atoms with E-state index in [0.717, 1.165) is 33.1 Å². The van der Waals surface area contributed by atoms with Gasteiger partial charge in [0.15, 0.2) is 0 Å². The molecule has 0 unspecified atom stereocenters. The van der Waals surface area contributed by atoms with Gasteiger partial charge in [-0.25, -0.2) is 0 Å². The van der Waals surface area contributed by atoms with Gasteiger partial charge < -0.3 is 9.84 Å². The van der Waals surface area contributed by atoms with Gasteiger partial charge in [0, 0.05) is 15.6 Å². The van der Waals surface area contributed by atoms with Crippen LogP contribution in [0.2, 0.25) is 5.02 Å². The fourth-order valence-corrected chi connectivity index (χ4v) is 3.58. The molecule has 0 fully saturated rings. The van der Waals surface area contributed by atoms with E-state index in [9.17, 15) is 4.79 Å². The predicted molar refractivity (Wildman–Crippen MR) is 93.4 cm³/mol. The summed E-state index contributed by atoms with van der Waals surface area (Å²) in [7, 11) is 0. The van der Waals surface area contributed by atoms with Crippen molar-refractivity contribution in [2.45, 2.75) is 20.8 Å². The van der Waals surface area contributed by atoms with E-state index in [1.54, 1.807) is 12.1 Å². The third-order valence-electron chi connectivity index (χ3n) is 3.63. The molecule has 1 N–H and O–H groups in total.